The normalized spacial score (nSPS) is 22.1. The molecule has 1 fully saturated rings. The van der Waals surface area contributed by atoms with Gasteiger partial charge in [-0.2, -0.15) is 0 Å². The van der Waals surface area contributed by atoms with Crippen molar-refractivity contribution in [3.05, 3.63) is 142 Å². The van der Waals surface area contributed by atoms with E-state index in [-0.39, 0.29) is 17.3 Å². The number of rotatable bonds is 3. The molecule has 0 saturated carbocycles. The van der Waals surface area contributed by atoms with Crippen LogP contribution in [0.15, 0.2) is 103 Å². The lowest BCUT2D eigenvalue weighted by molar-refractivity contribution is 0.0666. The van der Waals surface area contributed by atoms with Gasteiger partial charge in [0.25, 0.3) is 0 Å². The Hall–Kier alpha value is -4.35. The van der Waals surface area contributed by atoms with Crippen LogP contribution in [0.3, 0.4) is 0 Å². The van der Waals surface area contributed by atoms with Gasteiger partial charge in [-0.3, -0.25) is 14.4 Å². The fraction of sp³-hybridized carbons (Fsp3) is 0.121. The van der Waals surface area contributed by atoms with Crippen LogP contribution in [0.5, 0.6) is 0 Å². The fourth-order valence-corrected chi connectivity index (χ4v) is 7.04. The van der Waals surface area contributed by atoms with Gasteiger partial charge in [0, 0.05) is 38.9 Å². The van der Waals surface area contributed by atoms with Crippen LogP contribution in [0.1, 0.15) is 48.1 Å². The summed E-state index contributed by atoms with van der Waals surface area (Å²) in [7, 11) is 0. The highest BCUT2D eigenvalue weighted by atomic mass is 35.5. The number of hydrogen-bond donors (Lipinski definition) is 0. The van der Waals surface area contributed by atoms with E-state index in [9.17, 15) is 18.8 Å². The third-order valence-electron chi connectivity index (χ3n) is 8.33. The van der Waals surface area contributed by atoms with Crippen molar-refractivity contribution < 1.29 is 18.8 Å². The Morgan fingerprint density at radius 1 is 0.821 bits per heavy atom. The van der Waals surface area contributed by atoms with E-state index in [2.05, 4.69) is 0 Å². The predicted molar refractivity (Wildman–Crippen MR) is 148 cm³/mol. The smallest absolute Gasteiger partial charge is 0.185 e. The fourth-order valence-electron chi connectivity index (χ4n) is 6.79. The van der Waals surface area contributed by atoms with Crippen LogP contribution >= 0.6 is 11.6 Å². The lowest BCUT2D eigenvalue weighted by Crippen LogP contribution is -2.48. The average molecular weight is 534 g/mol. The van der Waals surface area contributed by atoms with E-state index >= 15 is 0 Å². The standard InChI is InChI=1S/C33H21ClFNO3/c34-25-13-7-6-12-24(25)28-29(30(37)19-8-2-1-3-9-19)36-26-16-15-21(35)18-20(26)14-17-27(36)33(28)31(38)22-10-4-5-11-23(22)32(33)39/h1-18,27-29H/t27-,28+,29-/m1/s1. The molecule has 1 aliphatic carbocycles. The van der Waals surface area contributed by atoms with Gasteiger partial charge in [0.05, 0.1) is 6.04 Å². The van der Waals surface area contributed by atoms with Gasteiger partial charge in [0.2, 0.25) is 0 Å². The number of carbonyl (C=O) groups excluding carboxylic acids is 3. The summed E-state index contributed by atoms with van der Waals surface area (Å²) in [5.41, 5.74) is 1.19. The van der Waals surface area contributed by atoms with Gasteiger partial charge in [0.15, 0.2) is 17.3 Å². The van der Waals surface area contributed by atoms with Crippen molar-refractivity contribution in [3.8, 4) is 0 Å². The van der Waals surface area contributed by atoms with Gasteiger partial charge in [0.1, 0.15) is 17.3 Å². The molecule has 7 rings (SSSR count). The number of anilines is 1. The van der Waals surface area contributed by atoms with Crippen molar-refractivity contribution in [2.24, 2.45) is 5.41 Å². The third kappa shape index (κ3) is 3.14. The first-order valence-corrected chi connectivity index (χ1v) is 13.1. The molecule has 39 heavy (non-hydrogen) atoms. The molecule has 0 aromatic heterocycles. The summed E-state index contributed by atoms with van der Waals surface area (Å²) >= 11 is 6.79. The van der Waals surface area contributed by atoms with Crippen molar-refractivity contribution in [1.82, 2.24) is 0 Å². The van der Waals surface area contributed by atoms with E-state index < -0.39 is 29.2 Å². The first-order chi connectivity index (χ1) is 18.9. The van der Waals surface area contributed by atoms with Crippen LogP contribution in [0.2, 0.25) is 5.02 Å². The number of carbonyl (C=O) groups is 3. The van der Waals surface area contributed by atoms with Crippen LogP contribution in [-0.2, 0) is 0 Å². The minimum atomic E-state index is -1.65. The highest BCUT2D eigenvalue weighted by Gasteiger charge is 2.71. The number of halogens is 2. The topological polar surface area (TPSA) is 54.5 Å². The Morgan fingerprint density at radius 2 is 1.46 bits per heavy atom. The number of Topliss-reactive ketones (excluding diaryl/α,β-unsaturated/α-hetero) is 3. The maximum atomic E-state index is 14.6. The third-order valence-corrected chi connectivity index (χ3v) is 8.68. The predicted octanol–water partition coefficient (Wildman–Crippen LogP) is 6.80. The van der Waals surface area contributed by atoms with Crippen LogP contribution in [0.25, 0.3) is 6.08 Å². The summed E-state index contributed by atoms with van der Waals surface area (Å²) in [5, 5.41) is 0.368. The van der Waals surface area contributed by atoms with Crippen LogP contribution in [0, 0.1) is 11.2 Å². The molecule has 3 aliphatic rings. The Balaban J connectivity index is 1.57. The first-order valence-electron chi connectivity index (χ1n) is 12.7. The molecule has 2 heterocycles. The quantitative estimate of drug-likeness (QED) is 0.215. The maximum Gasteiger partial charge on any atom is 0.185 e. The Bertz CT molecular complexity index is 1700. The molecule has 2 aliphatic heterocycles. The van der Waals surface area contributed by atoms with Gasteiger partial charge in [-0.25, -0.2) is 4.39 Å². The van der Waals surface area contributed by atoms with Crippen LogP contribution in [-0.4, -0.2) is 29.4 Å². The van der Waals surface area contributed by atoms with Gasteiger partial charge < -0.3 is 4.90 Å². The monoisotopic (exact) mass is 533 g/mol. The zero-order valence-electron chi connectivity index (χ0n) is 20.6. The van der Waals surface area contributed by atoms with E-state index in [1.165, 1.54) is 12.1 Å². The molecule has 0 unspecified atom stereocenters. The summed E-state index contributed by atoms with van der Waals surface area (Å²) in [6.45, 7) is 0. The molecule has 1 spiro atoms. The Labute approximate surface area is 229 Å². The summed E-state index contributed by atoms with van der Waals surface area (Å²) < 4.78 is 14.3. The Morgan fingerprint density at radius 3 is 2.15 bits per heavy atom. The largest absolute Gasteiger partial charge is 0.352 e. The van der Waals surface area contributed by atoms with E-state index in [1.807, 2.05) is 11.0 Å². The molecule has 1 saturated heterocycles. The molecule has 0 amide bonds. The molecule has 0 N–H and O–H groups in total. The number of hydrogen-bond acceptors (Lipinski definition) is 4. The zero-order chi connectivity index (χ0) is 26.9. The second-order valence-electron chi connectivity index (χ2n) is 10.2. The van der Waals surface area contributed by atoms with Crippen molar-refractivity contribution in [3.63, 3.8) is 0 Å². The summed E-state index contributed by atoms with van der Waals surface area (Å²) in [4.78, 5) is 45.5. The molecule has 6 heteroatoms. The lowest BCUT2D eigenvalue weighted by Gasteiger charge is -2.37. The van der Waals surface area contributed by atoms with Crippen molar-refractivity contribution in [1.29, 1.82) is 0 Å². The van der Waals surface area contributed by atoms with Crippen LogP contribution in [0.4, 0.5) is 10.1 Å². The molecule has 4 aromatic rings. The number of benzene rings is 4. The van der Waals surface area contributed by atoms with Crippen molar-refractivity contribution in [2.45, 2.75) is 18.0 Å². The second-order valence-corrected chi connectivity index (χ2v) is 10.6. The second kappa shape index (κ2) is 8.58. The number of ketones is 3. The molecule has 4 nitrogen and oxygen atoms in total. The number of nitrogens with zero attached hydrogens (tertiary/aromatic N) is 1. The molecule has 4 aromatic carbocycles. The molecule has 0 radical (unpaired) electrons. The average Bonchev–Trinajstić information content (AvgIpc) is 3.39. The molecular formula is C33H21ClFNO3. The van der Waals surface area contributed by atoms with Crippen molar-refractivity contribution in [2.75, 3.05) is 4.90 Å². The van der Waals surface area contributed by atoms with E-state index in [4.69, 9.17) is 11.6 Å². The number of fused-ring (bicyclic) bond motifs is 5. The SMILES string of the molecule is O=C(c1ccccc1)[C@H]1[C@H](c2ccccc2Cl)C2(C(=O)c3ccccc3C2=O)[C@H]2C=Cc3cc(F)ccc3N12. The van der Waals surface area contributed by atoms with Gasteiger partial charge in [-0.15, -0.1) is 0 Å². The lowest BCUT2D eigenvalue weighted by atomic mass is 9.64. The van der Waals surface area contributed by atoms with E-state index in [1.54, 1.807) is 91.0 Å². The first kappa shape index (κ1) is 23.7. The molecule has 0 bridgehead atoms. The maximum absolute atomic E-state index is 14.6. The molecule has 3 atom stereocenters. The zero-order valence-corrected chi connectivity index (χ0v) is 21.3. The highest BCUT2D eigenvalue weighted by molar-refractivity contribution is 6.34. The summed E-state index contributed by atoms with van der Waals surface area (Å²) in [6, 6.07) is 25.3. The summed E-state index contributed by atoms with van der Waals surface area (Å²) in [5.74, 6) is -2.23. The van der Waals surface area contributed by atoms with Gasteiger partial charge in [-0.1, -0.05) is 96.5 Å². The van der Waals surface area contributed by atoms with Gasteiger partial charge in [-0.05, 0) is 29.8 Å². The summed E-state index contributed by atoms with van der Waals surface area (Å²) in [6.07, 6.45) is 3.51. The molecular weight excluding hydrogens is 513 g/mol. The van der Waals surface area contributed by atoms with Crippen molar-refractivity contribution >= 4 is 40.7 Å². The molecule has 190 valence electrons. The van der Waals surface area contributed by atoms with E-state index in [0.717, 1.165) is 0 Å². The minimum absolute atomic E-state index is 0.246. The Kier molecular flexibility index (Phi) is 5.23. The van der Waals surface area contributed by atoms with E-state index in [0.29, 0.717) is 38.5 Å². The minimum Gasteiger partial charge on any atom is -0.352 e. The van der Waals surface area contributed by atoms with Gasteiger partial charge >= 0.3 is 0 Å². The van der Waals surface area contributed by atoms with Crippen LogP contribution < -0.4 is 4.90 Å². The highest BCUT2D eigenvalue weighted by Crippen LogP contribution is 2.61.